The van der Waals surface area contributed by atoms with Crippen LogP contribution in [0.2, 0.25) is 0 Å². The van der Waals surface area contributed by atoms with Crippen molar-refractivity contribution in [3.63, 3.8) is 0 Å². The Labute approximate surface area is 207 Å². The van der Waals surface area contributed by atoms with Crippen LogP contribution in [0.4, 0.5) is 17.1 Å². The van der Waals surface area contributed by atoms with Gasteiger partial charge in [0.05, 0.1) is 11.0 Å². The fourth-order valence-electron chi connectivity index (χ4n) is 5.12. The molecule has 0 radical (unpaired) electrons. The van der Waals surface area contributed by atoms with Crippen LogP contribution >= 0.6 is 0 Å². The summed E-state index contributed by atoms with van der Waals surface area (Å²) < 4.78 is 6.02. The van der Waals surface area contributed by atoms with E-state index in [1.54, 1.807) is 13.0 Å². The first-order chi connectivity index (χ1) is 16.8. The van der Waals surface area contributed by atoms with Crippen molar-refractivity contribution in [3.8, 4) is 0 Å². The van der Waals surface area contributed by atoms with Gasteiger partial charge in [0, 0.05) is 62.3 Å². The molecular weight excluding hydrogens is 444 g/mol. The summed E-state index contributed by atoms with van der Waals surface area (Å²) >= 11 is 0. The molecule has 1 aliphatic carbocycles. The van der Waals surface area contributed by atoms with Gasteiger partial charge >= 0.3 is 0 Å². The highest BCUT2D eigenvalue weighted by atomic mass is 16.6. The van der Waals surface area contributed by atoms with Gasteiger partial charge in [0.1, 0.15) is 6.61 Å². The minimum Gasteiger partial charge on any atom is -0.372 e. The summed E-state index contributed by atoms with van der Waals surface area (Å²) in [7, 11) is 2.05. The summed E-state index contributed by atoms with van der Waals surface area (Å²) in [6, 6.07) is 14.2. The van der Waals surface area contributed by atoms with Crippen LogP contribution in [-0.2, 0) is 9.53 Å². The molecule has 0 atom stereocenters. The van der Waals surface area contributed by atoms with E-state index in [1.165, 1.54) is 11.3 Å². The summed E-state index contributed by atoms with van der Waals surface area (Å²) in [6.45, 7) is 7.15. The van der Waals surface area contributed by atoms with E-state index in [0.717, 1.165) is 57.5 Å². The highest BCUT2D eigenvalue weighted by Gasteiger charge is 2.27. The lowest BCUT2D eigenvalue weighted by Gasteiger charge is -2.37. The number of benzene rings is 2. The van der Waals surface area contributed by atoms with Gasteiger partial charge in [0.2, 0.25) is 5.91 Å². The number of amides is 1. The van der Waals surface area contributed by atoms with Gasteiger partial charge in [-0.25, -0.2) is 0 Å². The third kappa shape index (κ3) is 6.11. The molecule has 8 heteroatoms. The van der Waals surface area contributed by atoms with Crippen molar-refractivity contribution < 1.29 is 14.5 Å². The molecule has 0 spiro atoms. The molecule has 0 N–H and O–H groups in total. The summed E-state index contributed by atoms with van der Waals surface area (Å²) in [5, 5.41) is 11.1. The topological polar surface area (TPSA) is 79.2 Å². The van der Waals surface area contributed by atoms with Gasteiger partial charge in [0.15, 0.2) is 0 Å². The summed E-state index contributed by atoms with van der Waals surface area (Å²) in [6.07, 6.45) is 3.88. The molecule has 8 nitrogen and oxygen atoms in total. The Hall–Kier alpha value is -3.13. The van der Waals surface area contributed by atoms with Crippen LogP contribution in [0.1, 0.15) is 36.8 Å². The van der Waals surface area contributed by atoms with Gasteiger partial charge < -0.3 is 19.4 Å². The number of piperazine rings is 1. The molecule has 0 unspecified atom stereocenters. The van der Waals surface area contributed by atoms with Gasteiger partial charge in [-0.05, 0) is 63.8 Å². The van der Waals surface area contributed by atoms with Crippen molar-refractivity contribution >= 4 is 23.0 Å². The maximum absolute atomic E-state index is 12.7. The van der Waals surface area contributed by atoms with Crippen LogP contribution < -0.4 is 9.80 Å². The summed E-state index contributed by atoms with van der Waals surface area (Å²) in [5.74, 6) is 0.0779. The SMILES string of the molecule is Cc1ccc(N2CCN(C(=O)COC3CCC(N(C)c4ccc([N+](=O)[O-])c(C)c4)CC3)CC2)cc1. The van der Waals surface area contributed by atoms with E-state index in [1.807, 2.05) is 24.1 Å². The third-order valence-electron chi connectivity index (χ3n) is 7.45. The number of aryl methyl sites for hydroxylation is 2. The molecule has 1 saturated heterocycles. The zero-order chi connectivity index (χ0) is 24.9. The van der Waals surface area contributed by atoms with E-state index < -0.39 is 0 Å². The molecule has 2 aliphatic rings. The maximum atomic E-state index is 12.7. The Morgan fingerprint density at radius 3 is 2.29 bits per heavy atom. The van der Waals surface area contributed by atoms with Crippen LogP contribution in [-0.4, -0.2) is 67.7 Å². The minimum absolute atomic E-state index is 0.0779. The Morgan fingerprint density at radius 2 is 1.69 bits per heavy atom. The van der Waals surface area contributed by atoms with Crippen molar-refractivity contribution in [2.24, 2.45) is 0 Å². The molecular formula is C27H36N4O4. The molecule has 0 bridgehead atoms. The number of ether oxygens (including phenoxy) is 1. The van der Waals surface area contributed by atoms with Crippen LogP contribution in [0.15, 0.2) is 42.5 Å². The number of carbonyl (C=O) groups is 1. The van der Waals surface area contributed by atoms with E-state index >= 15 is 0 Å². The van der Waals surface area contributed by atoms with Gasteiger partial charge in [0.25, 0.3) is 5.69 Å². The van der Waals surface area contributed by atoms with Crippen molar-refractivity contribution in [3.05, 3.63) is 63.7 Å². The fourth-order valence-corrected chi connectivity index (χ4v) is 5.12. The highest BCUT2D eigenvalue weighted by Crippen LogP contribution is 2.30. The second-order valence-electron chi connectivity index (χ2n) is 9.78. The molecule has 4 rings (SSSR count). The lowest BCUT2D eigenvalue weighted by Crippen LogP contribution is -2.50. The number of nitro groups is 1. The van der Waals surface area contributed by atoms with E-state index in [9.17, 15) is 14.9 Å². The Bertz CT molecular complexity index is 1030. The average molecular weight is 481 g/mol. The van der Waals surface area contributed by atoms with E-state index in [4.69, 9.17) is 4.74 Å². The van der Waals surface area contributed by atoms with Gasteiger partial charge in [-0.2, -0.15) is 0 Å². The molecule has 1 heterocycles. The first-order valence-electron chi connectivity index (χ1n) is 12.5. The Kier molecular flexibility index (Phi) is 7.90. The molecule has 2 fully saturated rings. The largest absolute Gasteiger partial charge is 0.372 e. The van der Waals surface area contributed by atoms with Crippen LogP contribution in [0, 0.1) is 24.0 Å². The molecule has 1 aliphatic heterocycles. The standard InChI is InChI=1S/C27H36N4O4/c1-20-4-6-23(7-5-20)29-14-16-30(17-15-29)27(32)19-35-25-11-8-22(9-12-25)28(3)24-10-13-26(31(33)34)21(2)18-24/h4-7,10,13,18,22,25H,8-9,11-12,14-17,19H2,1-3H3. The lowest BCUT2D eigenvalue weighted by molar-refractivity contribution is -0.385. The number of nitro benzene ring substituents is 1. The van der Waals surface area contributed by atoms with Crippen LogP contribution in [0.5, 0.6) is 0 Å². The first kappa shape index (κ1) is 25.0. The molecule has 1 amide bonds. The second kappa shape index (κ2) is 11.1. The average Bonchev–Trinajstić information content (AvgIpc) is 2.87. The quantitative estimate of drug-likeness (QED) is 0.434. The molecule has 188 valence electrons. The van der Waals surface area contributed by atoms with Gasteiger partial charge in [-0.1, -0.05) is 17.7 Å². The second-order valence-corrected chi connectivity index (χ2v) is 9.78. The number of carbonyl (C=O) groups excluding carboxylic acids is 1. The third-order valence-corrected chi connectivity index (χ3v) is 7.45. The van der Waals surface area contributed by atoms with E-state index in [-0.39, 0.29) is 29.2 Å². The normalized spacial score (nSPS) is 20.5. The zero-order valence-electron chi connectivity index (χ0n) is 21.0. The predicted molar refractivity (Wildman–Crippen MR) is 138 cm³/mol. The van der Waals surface area contributed by atoms with Gasteiger partial charge in [-0.3, -0.25) is 14.9 Å². The molecule has 2 aromatic rings. The summed E-state index contributed by atoms with van der Waals surface area (Å²) in [5.41, 5.74) is 4.29. The maximum Gasteiger partial charge on any atom is 0.272 e. The monoisotopic (exact) mass is 480 g/mol. The number of hydrogen-bond donors (Lipinski definition) is 0. The zero-order valence-corrected chi connectivity index (χ0v) is 21.0. The predicted octanol–water partition coefficient (Wildman–Crippen LogP) is 4.32. The Morgan fingerprint density at radius 1 is 1.03 bits per heavy atom. The van der Waals surface area contributed by atoms with Crippen molar-refractivity contribution in [2.45, 2.75) is 51.7 Å². The molecule has 0 aromatic heterocycles. The molecule has 35 heavy (non-hydrogen) atoms. The number of nitrogens with zero attached hydrogens (tertiary/aromatic N) is 4. The number of hydrogen-bond acceptors (Lipinski definition) is 6. The molecule has 2 aromatic carbocycles. The van der Waals surface area contributed by atoms with Crippen molar-refractivity contribution in [1.82, 2.24) is 4.90 Å². The molecule has 1 saturated carbocycles. The fraction of sp³-hybridized carbons (Fsp3) is 0.519. The Balaban J connectivity index is 1.19. The van der Waals surface area contributed by atoms with E-state index in [2.05, 4.69) is 41.0 Å². The summed E-state index contributed by atoms with van der Waals surface area (Å²) in [4.78, 5) is 29.9. The smallest absolute Gasteiger partial charge is 0.272 e. The lowest BCUT2D eigenvalue weighted by atomic mass is 9.91. The minimum atomic E-state index is -0.340. The number of anilines is 2. The van der Waals surface area contributed by atoms with Gasteiger partial charge in [-0.15, -0.1) is 0 Å². The van der Waals surface area contributed by atoms with Crippen LogP contribution in [0.3, 0.4) is 0 Å². The first-order valence-corrected chi connectivity index (χ1v) is 12.5. The highest BCUT2D eigenvalue weighted by molar-refractivity contribution is 5.77. The van der Waals surface area contributed by atoms with Crippen molar-refractivity contribution in [1.29, 1.82) is 0 Å². The van der Waals surface area contributed by atoms with E-state index in [0.29, 0.717) is 11.6 Å². The van der Waals surface area contributed by atoms with Crippen LogP contribution in [0.25, 0.3) is 0 Å². The van der Waals surface area contributed by atoms with Crippen molar-refractivity contribution in [2.75, 3.05) is 49.6 Å². The number of rotatable bonds is 7.